The maximum atomic E-state index is 12.3. The lowest BCUT2D eigenvalue weighted by molar-refractivity contribution is -0.142. The van der Waals surface area contributed by atoms with E-state index in [1.54, 1.807) is 31.2 Å². The predicted molar refractivity (Wildman–Crippen MR) is 78.7 cm³/mol. The Morgan fingerprint density at radius 2 is 1.70 bits per heavy atom. The van der Waals surface area contributed by atoms with Crippen LogP contribution in [0.3, 0.4) is 0 Å². The fraction of sp³-hybridized carbons (Fsp3) is 0.375. The highest BCUT2D eigenvalue weighted by molar-refractivity contribution is 6.22. The molecule has 1 fully saturated rings. The van der Waals surface area contributed by atoms with Gasteiger partial charge in [-0.15, -0.1) is 0 Å². The van der Waals surface area contributed by atoms with Gasteiger partial charge >= 0.3 is 5.97 Å². The maximum absolute atomic E-state index is 12.3. The van der Waals surface area contributed by atoms with Gasteiger partial charge in [0.05, 0.1) is 17.0 Å². The average Bonchev–Trinajstić information content (AvgIpc) is 3.02. The number of likely N-dealkylation sites (tertiary alicyclic amines) is 1. The number of aliphatic carboxylic acids is 1. The van der Waals surface area contributed by atoms with Crippen LogP contribution in [0.15, 0.2) is 24.3 Å². The van der Waals surface area contributed by atoms with Crippen LogP contribution >= 0.6 is 0 Å². The maximum Gasteiger partial charge on any atom is 0.308 e. The van der Waals surface area contributed by atoms with E-state index < -0.39 is 29.6 Å². The minimum Gasteiger partial charge on any atom is -0.481 e. The Bertz CT molecular complexity index is 679. The molecule has 1 N–H and O–H groups in total. The molecule has 0 aliphatic carbocycles. The Labute approximate surface area is 132 Å². The topological polar surface area (TPSA) is 95.0 Å². The number of hydrogen-bond donors (Lipinski definition) is 1. The van der Waals surface area contributed by atoms with Gasteiger partial charge in [-0.05, 0) is 18.1 Å². The molecule has 1 aromatic carbocycles. The van der Waals surface area contributed by atoms with Crippen molar-refractivity contribution in [2.75, 3.05) is 19.6 Å². The van der Waals surface area contributed by atoms with Gasteiger partial charge in [-0.1, -0.05) is 19.1 Å². The second-order valence-electron chi connectivity index (χ2n) is 5.96. The highest BCUT2D eigenvalue weighted by atomic mass is 16.4. The van der Waals surface area contributed by atoms with Crippen LogP contribution < -0.4 is 0 Å². The summed E-state index contributed by atoms with van der Waals surface area (Å²) in [5.74, 6) is -3.08. The summed E-state index contributed by atoms with van der Waals surface area (Å²) in [5.41, 5.74) is 0.590. The number of carbonyl (C=O) groups is 4. The van der Waals surface area contributed by atoms with E-state index in [-0.39, 0.29) is 19.0 Å². The molecule has 3 amide bonds. The Hall–Kier alpha value is -2.70. The average molecular weight is 316 g/mol. The molecular formula is C16H16N2O5. The van der Waals surface area contributed by atoms with Crippen LogP contribution in [0, 0.1) is 11.8 Å². The molecular weight excluding hydrogens is 300 g/mol. The molecule has 1 aromatic rings. The molecule has 7 heteroatoms. The molecule has 23 heavy (non-hydrogen) atoms. The summed E-state index contributed by atoms with van der Waals surface area (Å²) in [6.07, 6.45) is 0. The van der Waals surface area contributed by atoms with Gasteiger partial charge in [0.15, 0.2) is 0 Å². The first kappa shape index (κ1) is 15.2. The SMILES string of the molecule is C[C@@H]1CN(C(=O)CN2C(=O)c3ccccc3C2=O)C[C@H]1C(=O)O. The van der Waals surface area contributed by atoms with Crippen molar-refractivity contribution in [3.63, 3.8) is 0 Å². The van der Waals surface area contributed by atoms with Crippen molar-refractivity contribution < 1.29 is 24.3 Å². The smallest absolute Gasteiger partial charge is 0.308 e. The van der Waals surface area contributed by atoms with Crippen molar-refractivity contribution in [3.8, 4) is 0 Å². The van der Waals surface area contributed by atoms with Gasteiger partial charge in [0.2, 0.25) is 5.91 Å². The van der Waals surface area contributed by atoms with Gasteiger partial charge in [0.1, 0.15) is 6.54 Å². The van der Waals surface area contributed by atoms with E-state index in [1.807, 2.05) is 0 Å². The molecule has 0 spiro atoms. The van der Waals surface area contributed by atoms with E-state index in [0.717, 1.165) is 4.90 Å². The number of carbonyl (C=O) groups excluding carboxylic acids is 3. The van der Waals surface area contributed by atoms with Crippen LogP contribution in [0.4, 0.5) is 0 Å². The molecule has 7 nitrogen and oxygen atoms in total. The Kier molecular flexibility index (Phi) is 3.63. The molecule has 0 radical (unpaired) electrons. The first-order valence-electron chi connectivity index (χ1n) is 7.36. The van der Waals surface area contributed by atoms with E-state index in [0.29, 0.717) is 17.7 Å². The lowest BCUT2D eigenvalue weighted by Crippen LogP contribution is -2.42. The van der Waals surface area contributed by atoms with E-state index in [2.05, 4.69) is 0 Å². The quantitative estimate of drug-likeness (QED) is 0.818. The number of fused-ring (bicyclic) bond motifs is 1. The van der Waals surface area contributed by atoms with E-state index in [1.165, 1.54) is 4.90 Å². The summed E-state index contributed by atoms with van der Waals surface area (Å²) >= 11 is 0. The van der Waals surface area contributed by atoms with Crippen molar-refractivity contribution in [1.29, 1.82) is 0 Å². The number of imide groups is 1. The number of carboxylic acids is 1. The Morgan fingerprint density at radius 3 is 2.17 bits per heavy atom. The summed E-state index contributed by atoms with van der Waals surface area (Å²) in [6, 6.07) is 6.43. The van der Waals surface area contributed by atoms with Crippen molar-refractivity contribution in [2.45, 2.75) is 6.92 Å². The van der Waals surface area contributed by atoms with Gasteiger partial charge in [-0.3, -0.25) is 24.1 Å². The molecule has 0 aromatic heterocycles. The molecule has 120 valence electrons. The van der Waals surface area contributed by atoms with E-state index in [4.69, 9.17) is 5.11 Å². The predicted octanol–water partition coefficient (Wildman–Crippen LogP) is 0.462. The fourth-order valence-corrected chi connectivity index (χ4v) is 3.11. The number of rotatable bonds is 3. The highest BCUT2D eigenvalue weighted by Gasteiger charge is 2.40. The monoisotopic (exact) mass is 316 g/mol. The van der Waals surface area contributed by atoms with Crippen LogP contribution in [-0.2, 0) is 9.59 Å². The number of carboxylic acid groups (broad SMARTS) is 1. The van der Waals surface area contributed by atoms with Gasteiger partial charge < -0.3 is 10.0 Å². The largest absolute Gasteiger partial charge is 0.481 e. The van der Waals surface area contributed by atoms with Gasteiger partial charge in [0.25, 0.3) is 11.8 Å². The number of amides is 3. The molecule has 2 aliphatic rings. The third-order valence-corrected chi connectivity index (χ3v) is 4.45. The first-order valence-corrected chi connectivity index (χ1v) is 7.36. The van der Waals surface area contributed by atoms with Crippen LogP contribution in [-0.4, -0.2) is 58.2 Å². The van der Waals surface area contributed by atoms with Crippen molar-refractivity contribution in [1.82, 2.24) is 9.80 Å². The van der Waals surface area contributed by atoms with Gasteiger partial charge in [0, 0.05) is 13.1 Å². The second-order valence-corrected chi connectivity index (χ2v) is 5.96. The molecule has 0 saturated carbocycles. The lowest BCUT2D eigenvalue weighted by Gasteiger charge is -2.20. The summed E-state index contributed by atoms with van der Waals surface area (Å²) in [7, 11) is 0. The minimum absolute atomic E-state index is 0.110. The lowest BCUT2D eigenvalue weighted by atomic mass is 9.99. The summed E-state index contributed by atoms with van der Waals surface area (Å²) < 4.78 is 0. The number of hydrogen-bond acceptors (Lipinski definition) is 4. The Balaban J connectivity index is 1.72. The summed E-state index contributed by atoms with van der Waals surface area (Å²) in [5, 5.41) is 9.11. The zero-order valence-electron chi connectivity index (χ0n) is 12.6. The molecule has 3 rings (SSSR count). The summed E-state index contributed by atoms with van der Waals surface area (Å²) in [6.45, 7) is 1.84. The van der Waals surface area contributed by atoms with Crippen LogP contribution in [0.5, 0.6) is 0 Å². The summed E-state index contributed by atoms with van der Waals surface area (Å²) in [4.78, 5) is 50.3. The van der Waals surface area contributed by atoms with Gasteiger partial charge in [-0.2, -0.15) is 0 Å². The van der Waals surface area contributed by atoms with Gasteiger partial charge in [-0.25, -0.2) is 0 Å². The normalized spacial score (nSPS) is 23.3. The molecule has 2 atom stereocenters. The Morgan fingerprint density at radius 1 is 1.13 bits per heavy atom. The third kappa shape index (κ3) is 2.48. The molecule has 2 aliphatic heterocycles. The number of nitrogens with zero attached hydrogens (tertiary/aromatic N) is 2. The highest BCUT2D eigenvalue weighted by Crippen LogP contribution is 2.25. The van der Waals surface area contributed by atoms with E-state index >= 15 is 0 Å². The molecule has 2 heterocycles. The van der Waals surface area contributed by atoms with Crippen molar-refractivity contribution in [3.05, 3.63) is 35.4 Å². The van der Waals surface area contributed by atoms with Crippen molar-refractivity contribution in [2.24, 2.45) is 11.8 Å². The van der Waals surface area contributed by atoms with Crippen LogP contribution in [0.1, 0.15) is 27.6 Å². The van der Waals surface area contributed by atoms with Crippen LogP contribution in [0.25, 0.3) is 0 Å². The number of benzene rings is 1. The van der Waals surface area contributed by atoms with E-state index in [9.17, 15) is 19.2 Å². The van der Waals surface area contributed by atoms with Crippen molar-refractivity contribution >= 4 is 23.7 Å². The van der Waals surface area contributed by atoms with Crippen LogP contribution in [0.2, 0.25) is 0 Å². The second kappa shape index (κ2) is 5.49. The molecule has 1 saturated heterocycles. The minimum atomic E-state index is -0.937. The zero-order valence-corrected chi connectivity index (χ0v) is 12.6. The standard InChI is InChI=1S/C16H16N2O5/c1-9-6-17(7-12(9)16(22)23)13(19)8-18-14(20)10-4-2-3-5-11(10)15(18)21/h2-5,9,12H,6-8H2,1H3,(H,22,23)/t9-,12-/m1/s1. The first-order chi connectivity index (χ1) is 10.9. The third-order valence-electron chi connectivity index (χ3n) is 4.45. The molecule has 0 unspecified atom stereocenters. The zero-order chi connectivity index (χ0) is 16.7. The fourth-order valence-electron chi connectivity index (χ4n) is 3.11. The molecule has 0 bridgehead atoms.